The molecule has 0 unspecified atom stereocenters. The van der Waals surface area contributed by atoms with E-state index in [1.807, 2.05) is 32.7 Å². The van der Waals surface area contributed by atoms with Crippen LogP contribution in [0.25, 0.3) is 0 Å². The van der Waals surface area contributed by atoms with Gasteiger partial charge in [-0.2, -0.15) is 8.42 Å². The van der Waals surface area contributed by atoms with Crippen LogP contribution in [0, 0.1) is 0 Å². The van der Waals surface area contributed by atoms with E-state index in [0.29, 0.717) is 24.5 Å². The molecule has 7 nitrogen and oxygen atoms in total. The van der Waals surface area contributed by atoms with E-state index >= 15 is 0 Å². The Bertz CT molecular complexity index is 858. The Labute approximate surface area is 161 Å². The topological polar surface area (TPSA) is 79.3 Å². The van der Waals surface area contributed by atoms with Gasteiger partial charge in [-0.25, -0.2) is 4.79 Å². The Morgan fingerprint density at radius 1 is 1.30 bits per heavy atom. The molecule has 0 radical (unpaired) electrons. The number of ether oxygens (including phenoxy) is 1. The molecule has 2 heterocycles. The monoisotopic (exact) mass is 393 g/mol. The van der Waals surface area contributed by atoms with Crippen LogP contribution in [0.3, 0.4) is 0 Å². The summed E-state index contributed by atoms with van der Waals surface area (Å²) in [5.41, 5.74) is 0.0627. The highest BCUT2D eigenvalue weighted by Gasteiger charge is 2.34. The third-order valence-electron chi connectivity index (χ3n) is 4.71. The Hall–Kier alpha value is -2.09. The smallest absolute Gasteiger partial charge is 0.410 e. The molecule has 3 rings (SSSR count). The molecule has 0 N–H and O–H groups in total. The molecule has 8 heteroatoms. The van der Waals surface area contributed by atoms with Crippen LogP contribution in [-0.4, -0.2) is 61.9 Å². The molecule has 27 heavy (non-hydrogen) atoms. The van der Waals surface area contributed by atoms with Crippen LogP contribution in [-0.2, 0) is 14.8 Å². The third-order valence-corrected chi connectivity index (χ3v) is 6.04. The Balaban J connectivity index is 1.78. The quantitative estimate of drug-likeness (QED) is 0.772. The van der Waals surface area contributed by atoms with E-state index in [-0.39, 0.29) is 17.0 Å². The summed E-state index contributed by atoms with van der Waals surface area (Å²) in [7, 11) is -1.84. The number of benzene rings is 1. The van der Waals surface area contributed by atoms with Crippen LogP contribution in [0.5, 0.6) is 0 Å². The summed E-state index contributed by atoms with van der Waals surface area (Å²) in [5.74, 6) is 0.431. The fourth-order valence-electron chi connectivity index (χ4n) is 3.52. The number of sulfonamides is 1. The number of amides is 1. The first-order chi connectivity index (χ1) is 12.6. The summed E-state index contributed by atoms with van der Waals surface area (Å²) < 4.78 is 34.1. The first kappa shape index (κ1) is 19.7. The molecule has 0 spiro atoms. The van der Waals surface area contributed by atoms with Crippen LogP contribution in [0.4, 0.5) is 4.79 Å². The molecule has 1 aromatic rings. The molecule has 148 valence electrons. The number of hydrogen-bond acceptors (Lipinski definition) is 5. The zero-order valence-corrected chi connectivity index (χ0v) is 17.1. The van der Waals surface area contributed by atoms with Gasteiger partial charge in [-0.3, -0.25) is 0 Å². The lowest BCUT2D eigenvalue weighted by Crippen LogP contribution is -2.51. The second kappa shape index (κ2) is 7.14. The molecule has 0 bridgehead atoms. The number of likely N-dealkylation sites (tertiary alicyclic amines) is 1. The molecular weight excluding hydrogens is 366 g/mol. The SMILES string of the molecule is CN(C[C@@H]1CCCCN1C(=O)OC(C)(C)C)C1=NS(=O)(=O)c2ccccc21. The Morgan fingerprint density at radius 2 is 2.00 bits per heavy atom. The van der Waals surface area contributed by atoms with E-state index in [1.54, 1.807) is 29.2 Å². The van der Waals surface area contributed by atoms with Crippen molar-refractivity contribution in [3.63, 3.8) is 0 Å². The van der Waals surface area contributed by atoms with Gasteiger partial charge < -0.3 is 14.5 Å². The number of fused-ring (bicyclic) bond motifs is 1. The molecule has 1 fully saturated rings. The summed E-state index contributed by atoms with van der Waals surface area (Å²) in [6.07, 6.45) is 2.50. The third kappa shape index (κ3) is 4.26. The van der Waals surface area contributed by atoms with E-state index < -0.39 is 15.6 Å². The van der Waals surface area contributed by atoms with Crippen molar-refractivity contribution < 1.29 is 17.9 Å². The predicted molar refractivity (Wildman–Crippen MR) is 103 cm³/mol. The van der Waals surface area contributed by atoms with Gasteiger partial charge in [-0.05, 0) is 52.2 Å². The number of nitrogens with zero attached hydrogens (tertiary/aromatic N) is 3. The normalized spacial score (nSPS) is 21.4. The van der Waals surface area contributed by atoms with Crippen molar-refractivity contribution in [3.8, 4) is 0 Å². The van der Waals surface area contributed by atoms with Crippen LogP contribution < -0.4 is 0 Å². The highest BCUT2D eigenvalue weighted by molar-refractivity contribution is 7.90. The first-order valence-electron chi connectivity index (χ1n) is 9.23. The maximum atomic E-state index is 12.6. The van der Waals surface area contributed by atoms with Crippen molar-refractivity contribution in [3.05, 3.63) is 29.8 Å². The van der Waals surface area contributed by atoms with Crippen molar-refractivity contribution >= 4 is 22.0 Å². The van der Waals surface area contributed by atoms with Crippen LogP contribution in [0.15, 0.2) is 33.6 Å². The minimum absolute atomic E-state index is 0.0447. The Kier molecular flexibility index (Phi) is 5.20. The molecule has 1 amide bonds. The highest BCUT2D eigenvalue weighted by Crippen LogP contribution is 2.28. The molecular formula is C19H27N3O4S. The van der Waals surface area contributed by atoms with Crippen molar-refractivity contribution in [1.82, 2.24) is 9.80 Å². The van der Waals surface area contributed by atoms with Crippen molar-refractivity contribution in [2.45, 2.75) is 56.6 Å². The average molecular weight is 394 g/mol. The fraction of sp³-hybridized carbons (Fsp3) is 0.579. The number of likely N-dealkylation sites (N-methyl/N-ethyl adjacent to an activating group) is 1. The van der Waals surface area contributed by atoms with Gasteiger partial charge in [0.05, 0.1) is 6.04 Å². The molecule has 2 aliphatic heterocycles. The zero-order valence-electron chi connectivity index (χ0n) is 16.3. The molecule has 0 aliphatic carbocycles. The van der Waals surface area contributed by atoms with Gasteiger partial charge >= 0.3 is 6.09 Å². The van der Waals surface area contributed by atoms with Gasteiger partial charge in [-0.1, -0.05) is 12.1 Å². The minimum Gasteiger partial charge on any atom is -0.444 e. The standard InChI is InChI=1S/C19H27N3O4S/c1-19(2,3)26-18(23)22-12-8-7-9-14(22)13-21(4)17-15-10-5-6-11-16(15)27(24,25)20-17/h5-6,10-11,14H,7-9,12-13H2,1-4H3/t14-/m0/s1. The molecule has 2 aliphatic rings. The first-order valence-corrected chi connectivity index (χ1v) is 10.7. The van der Waals surface area contributed by atoms with Gasteiger partial charge in [-0.15, -0.1) is 4.40 Å². The van der Waals surface area contributed by atoms with Crippen molar-refractivity contribution in [2.24, 2.45) is 4.40 Å². The minimum atomic E-state index is -3.65. The lowest BCUT2D eigenvalue weighted by Gasteiger charge is -2.38. The van der Waals surface area contributed by atoms with E-state index in [2.05, 4.69) is 4.40 Å². The van der Waals surface area contributed by atoms with Gasteiger partial charge in [0.1, 0.15) is 10.5 Å². The van der Waals surface area contributed by atoms with Gasteiger partial charge in [0.15, 0.2) is 5.84 Å². The van der Waals surface area contributed by atoms with Gasteiger partial charge in [0.25, 0.3) is 10.0 Å². The molecule has 1 atom stereocenters. The highest BCUT2D eigenvalue weighted by atomic mass is 32.2. The predicted octanol–water partition coefficient (Wildman–Crippen LogP) is 2.86. The van der Waals surface area contributed by atoms with Crippen molar-refractivity contribution in [1.29, 1.82) is 0 Å². The zero-order chi connectivity index (χ0) is 19.8. The van der Waals surface area contributed by atoms with Gasteiger partial charge in [0, 0.05) is 25.7 Å². The summed E-state index contributed by atoms with van der Waals surface area (Å²) in [5, 5.41) is 0. The molecule has 0 aromatic heterocycles. The number of carbonyl (C=O) groups excluding carboxylic acids is 1. The average Bonchev–Trinajstić information content (AvgIpc) is 2.86. The summed E-state index contributed by atoms with van der Waals surface area (Å²) in [4.78, 5) is 16.4. The maximum Gasteiger partial charge on any atom is 0.410 e. The lowest BCUT2D eigenvalue weighted by molar-refractivity contribution is 0.00805. The molecule has 1 saturated heterocycles. The number of amidine groups is 1. The van der Waals surface area contributed by atoms with E-state index in [1.165, 1.54) is 0 Å². The van der Waals surface area contributed by atoms with E-state index in [4.69, 9.17) is 4.74 Å². The number of hydrogen-bond donors (Lipinski definition) is 0. The number of carbonyl (C=O) groups is 1. The van der Waals surface area contributed by atoms with Crippen LogP contribution in [0.2, 0.25) is 0 Å². The summed E-state index contributed by atoms with van der Waals surface area (Å²) >= 11 is 0. The Morgan fingerprint density at radius 3 is 2.70 bits per heavy atom. The maximum absolute atomic E-state index is 12.6. The summed E-state index contributed by atoms with van der Waals surface area (Å²) in [6, 6.07) is 6.79. The van der Waals surface area contributed by atoms with Crippen LogP contribution in [0.1, 0.15) is 45.6 Å². The molecule has 1 aromatic carbocycles. The van der Waals surface area contributed by atoms with Crippen molar-refractivity contribution in [2.75, 3.05) is 20.1 Å². The second-order valence-corrected chi connectivity index (χ2v) is 9.66. The van der Waals surface area contributed by atoms with Gasteiger partial charge in [0.2, 0.25) is 0 Å². The van der Waals surface area contributed by atoms with E-state index in [9.17, 15) is 13.2 Å². The second-order valence-electron chi connectivity index (χ2n) is 8.09. The lowest BCUT2D eigenvalue weighted by atomic mass is 10.0. The van der Waals surface area contributed by atoms with Crippen LogP contribution >= 0.6 is 0 Å². The van der Waals surface area contributed by atoms with E-state index in [0.717, 1.165) is 19.3 Å². The largest absolute Gasteiger partial charge is 0.444 e. The number of rotatable bonds is 2. The fourth-order valence-corrected chi connectivity index (χ4v) is 4.77. The summed E-state index contributed by atoms with van der Waals surface area (Å²) in [6.45, 7) is 6.71. The molecule has 0 saturated carbocycles. The number of piperidine rings is 1.